The van der Waals surface area contributed by atoms with E-state index in [0.717, 1.165) is 11.1 Å². The number of carbonyl (C=O) groups is 1. The van der Waals surface area contributed by atoms with Gasteiger partial charge in [-0.2, -0.15) is 0 Å². The van der Waals surface area contributed by atoms with Crippen LogP contribution in [0.4, 0.5) is 0 Å². The van der Waals surface area contributed by atoms with E-state index in [1.54, 1.807) is 13.0 Å². The third-order valence-electron chi connectivity index (χ3n) is 3.33. The third-order valence-corrected chi connectivity index (χ3v) is 3.33. The van der Waals surface area contributed by atoms with Crippen molar-refractivity contribution < 1.29 is 9.90 Å². The number of benzene rings is 2. The monoisotopic (exact) mass is 281 g/mol. The SMILES string of the molecule is C/C(=C/[C@H](N)Cc1ccc(-c2ccccc2)cc1)C(=O)O. The van der Waals surface area contributed by atoms with Gasteiger partial charge in [-0.05, 0) is 30.0 Å². The molecular formula is C18H19NO2. The molecule has 0 heterocycles. The van der Waals surface area contributed by atoms with Gasteiger partial charge >= 0.3 is 5.97 Å². The quantitative estimate of drug-likeness (QED) is 0.827. The fourth-order valence-corrected chi connectivity index (χ4v) is 2.19. The molecule has 0 unspecified atom stereocenters. The van der Waals surface area contributed by atoms with Gasteiger partial charge in [0.2, 0.25) is 0 Å². The lowest BCUT2D eigenvalue weighted by atomic mass is 10.00. The fourth-order valence-electron chi connectivity index (χ4n) is 2.19. The van der Waals surface area contributed by atoms with Gasteiger partial charge in [-0.1, -0.05) is 60.7 Å². The lowest BCUT2D eigenvalue weighted by Crippen LogP contribution is -2.21. The number of carboxylic acid groups (broad SMARTS) is 1. The molecule has 2 aromatic rings. The van der Waals surface area contributed by atoms with Crippen LogP contribution in [0.2, 0.25) is 0 Å². The van der Waals surface area contributed by atoms with Crippen LogP contribution in [0.5, 0.6) is 0 Å². The third kappa shape index (κ3) is 4.29. The van der Waals surface area contributed by atoms with E-state index in [9.17, 15) is 4.79 Å². The Balaban J connectivity index is 2.06. The Morgan fingerprint density at radius 2 is 1.67 bits per heavy atom. The predicted molar refractivity (Wildman–Crippen MR) is 85.0 cm³/mol. The molecule has 3 N–H and O–H groups in total. The summed E-state index contributed by atoms with van der Waals surface area (Å²) < 4.78 is 0. The van der Waals surface area contributed by atoms with Crippen molar-refractivity contribution in [3.05, 3.63) is 71.8 Å². The Bertz CT molecular complexity index is 630. The molecule has 21 heavy (non-hydrogen) atoms. The second-order valence-electron chi connectivity index (χ2n) is 5.09. The van der Waals surface area contributed by atoms with Crippen LogP contribution in [0.1, 0.15) is 12.5 Å². The van der Waals surface area contributed by atoms with Crippen molar-refractivity contribution in [3.63, 3.8) is 0 Å². The van der Waals surface area contributed by atoms with Crippen LogP contribution >= 0.6 is 0 Å². The lowest BCUT2D eigenvalue weighted by molar-refractivity contribution is -0.132. The Morgan fingerprint density at radius 3 is 2.24 bits per heavy atom. The lowest BCUT2D eigenvalue weighted by Gasteiger charge is -2.09. The fraction of sp³-hybridized carbons (Fsp3) is 0.167. The average Bonchev–Trinajstić information content (AvgIpc) is 2.48. The molecule has 1 atom stereocenters. The van der Waals surface area contributed by atoms with E-state index in [1.807, 2.05) is 30.3 Å². The van der Waals surface area contributed by atoms with E-state index in [1.165, 1.54) is 5.56 Å². The molecule has 0 fully saturated rings. The Morgan fingerprint density at radius 1 is 1.10 bits per heavy atom. The molecule has 0 radical (unpaired) electrons. The molecule has 3 heteroatoms. The number of hydrogen-bond acceptors (Lipinski definition) is 2. The summed E-state index contributed by atoms with van der Waals surface area (Å²) in [6.45, 7) is 1.56. The molecule has 2 rings (SSSR count). The minimum atomic E-state index is -0.926. The van der Waals surface area contributed by atoms with E-state index in [-0.39, 0.29) is 11.6 Å². The number of rotatable bonds is 5. The van der Waals surface area contributed by atoms with Crippen molar-refractivity contribution in [1.82, 2.24) is 0 Å². The van der Waals surface area contributed by atoms with Crippen molar-refractivity contribution in [3.8, 4) is 11.1 Å². The Kier molecular flexibility index (Phi) is 4.90. The van der Waals surface area contributed by atoms with Gasteiger partial charge < -0.3 is 10.8 Å². The molecule has 0 amide bonds. The average molecular weight is 281 g/mol. The van der Waals surface area contributed by atoms with Crippen molar-refractivity contribution in [2.24, 2.45) is 5.73 Å². The Labute approximate surface area is 124 Å². The van der Waals surface area contributed by atoms with Crippen LogP contribution < -0.4 is 5.73 Å². The number of hydrogen-bond donors (Lipinski definition) is 2. The van der Waals surface area contributed by atoms with E-state index < -0.39 is 5.97 Å². The molecular weight excluding hydrogens is 262 g/mol. The molecule has 0 aliphatic heterocycles. The van der Waals surface area contributed by atoms with E-state index in [4.69, 9.17) is 10.8 Å². The minimum Gasteiger partial charge on any atom is -0.478 e. The first-order chi connectivity index (χ1) is 10.1. The summed E-state index contributed by atoms with van der Waals surface area (Å²) in [5, 5.41) is 8.84. The highest BCUT2D eigenvalue weighted by Gasteiger charge is 2.06. The zero-order chi connectivity index (χ0) is 15.2. The summed E-state index contributed by atoms with van der Waals surface area (Å²) in [5.74, 6) is -0.926. The molecule has 2 aromatic carbocycles. The van der Waals surface area contributed by atoms with Crippen LogP contribution in [-0.2, 0) is 11.2 Å². The van der Waals surface area contributed by atoms with Gasteiger partial charge in [-0.25, -0.2) is 4.79 Å². The van der Waals surface area contributed by atoms with E-state index in [2.05, 4.69) is 24.3 Å². The summed E-state index contributed by atoms with van der Waals surface area (Å²) in [5.41, 5.74) is 9.66. The normalized spacial score (nSPS) is 13.0. The maximum Gasteiger partial charge on any atom is 0.331 e. The first kappa shape index (κ1) is 15.0. The van der Waals surface area contributed by atoms with Gasteiger partial charge in [-0.15, -0.1) is 0 Å². The summed E-state index contributed by atoms with van der Waals surface area (Å²) in [6.07, 6.45) is 2.22. The van der Waals surface area contributed by atoms with Gasteiger partial charge in [0, 0.05) is 11.6 Å². The summed E-state index contributed by atoms with van der Waals surface area (Å²) in [4.78, 5) is 10.8. The first-order valence-electron chi connectivity index (χ1n) is 6.88. The molecule has 108 valence electrons. The predicted octanol–water partition coefficient (Wildman–Crippen LogP) is 3.25. The van der Waals surface area contributed by atoms with E-state index >= 15 is 0 Å². The van der Waals surface area contributed by atoms with Gasteiger partial charge in [0.05, 0.1) is 0 Å². The van der Waals surface area contributed by atoms with Crippen LogP contribution in [0.15, 0.2) is 66.2 Å². The van der Waals surface area contributed by atoms with Crippen molar-refractivity contribution in [1.29, 1.82) is 0 Å². The number of aliphatic carboxylic acids is 1. The standard InChI is InChI=1S/C18H19NO2/c1-13(18(20)21)11-17(19)12-14-7-9-16(10-8-14)15-5-3-2-4-6-15/h2-11,17H,12,19H2,1H3,(H,20,21)/b13-11-/t17-/m0/s1. The van der Waals surface area contributed by atoms with Crippen molar-refractivity contribution >= 4 is 5.97 Å². The molecule has 0 aromatic heterocycles. The molecule has 0 saturated heterocycles. The maximum absolute atomic E-state index is 10.8. The number of nitrogens with two attached hydrogens (primary N) is 1. The largest absolute Gasteiger partial charge is 0.478 e. The zero-order valence-electron chi connectivity index (χ0n) is 12.0. The summed E-state index contributed by atoms with van der Waals surface area (Å²) in [6, 6.07) is 18.1. The second kappa shape index (κ2) is 6.86. The van der Waals surface area contributed by atoms with Crippen molar-refractivity contribution in [2.75, 3.05) is 0 Å². The van der Waals surface area contributed by atoms with Gasteiger partial charge in [-0.3, -0.25) is 0 Å². The highest BCUT2D eigenvalue weighted by molar-refractivity contribution is 5.85. The van der Waals surface area contributed by atoms with Crippen LogP contribution in [0.25, 0.3) is 11.1 Å². The first-order valence-corrected chi connectivity index (χ1v) is 6.88. The highest BCUT2D eigenvalue weighted by Crippen LogP contribution is 2.19. The zero-order valence-corrected chi connectivity index (χ0v) is 12.0. The van der Waals surface area contributed by atoms with Gasteiger partial charge in [0.15, 0.2) is 0 Å². The summed E-state index contributed by atoms with van der Waals surface area (Å²) >= 11 is 0. The topological polar surface area (TPSA) is 63.3 Å². The van der Waals surface area contributed by atoms with Gasteiger partial charge in [0.25, 0.3) is 0 Å². The van der Waals surface area contributed by atoms with Gasteiger partial charge in [0.1, 0.15) is 0 Å². The van der Waals surface area contributed by atoms with Crippen LogP contribution in [-0.4, -0.2) is 17.1 Å². The minimum absolute atomic E-state index is 0.281. The summed E-state index contributed by atoms with van der Waals surface area (Å²) in [7, 11) is 0. The number of carboxylic acids is 1. The molecule has 0 aliphatic carbocycles. The molecule has 3 nitrogen and oxygen atoms in total. The second-order valence-corrected chi connectivity index (χ2v) is 5.09. The maximum atomic E-state index is 10.8. The smallest absolute Gasteiger partial charge is 0.331 e. The highest BCUT2D eigenvalue weighted by atomic mass is 16.4. The molecule has 0 saturated carbocycles. The molecule has 0 aliphatic rings. The molecule has 0 bridgehead atoms. The van der Waals surface area contributed by atoms with Crippen molar-refractivity contribution in [2.45, 2.75) is 19.4 Å². The van der Waals surface area contributed by atoms with Crippen LogP contribution in [0, 0.1) is 0 Å². The Hall–Kier alpha value is -2.39. The van der Waals surface area contributed by atoms with Crippen LogP contribution in [0.3, 0.4) is 0 Å². The molecule has 0 spiro atoms. The van der Waals surface area contributed by atoms with E-state index in [0.29, 0.717) is 6.42 Å².